The van der Waals surface area contributed by atoms with Gasteiger partial charge in [0.15, 0.2) is 5.54 Å². The summed E-state index contributed by atoms with van der Waals surface area (Å²) < 4.78 is 23.5. The first-order valence-corrected chi connectivity index (χ1v) is 10.7. The summed E-state index contributed by atoms with van der Waals surface area (Å²) in [6.07, 6.45) is 3.02. The number of nitrogens with zero attached hydrogens (tertiary/aromatic N) is 1. The number of hydrogen-bond donors (Lipinski definition) is 1. The topological polar surface area (TPSA) is 75.3 Å². The van der Waals surface area contributed by atoms with E-state index in [1.807, 2.05) is 24.3 Å². The van der Waals surface area contributed by atoms with Crippen molar-refractivity contribution in [2.45, 2.75) is 32.7 Å². The first-order chi connectivity index (χ1) is 14.8. The third kappa shape index (κ3) is 3.65. The summed E-state index contributed by atoms with van der Waals surface area (Å²) in [7, 11) is 0. The van der Waals surface area contributed by atoms with E-state index in [0.717, 1.165) is 47.0 Å². The Balaban J connectivity index is 1.60. The Morgan fingerprint density at radius 2 is 1.87 bits per heavy atom. The lowest BCUT2D eigenvalue weighted by atomic mass is 9.80. The van der Waals surface area contributed by atoms with Crippen LogP contribution in [-0.4, -0.2) is 32.4 Å². The Morgan fingerprint density at radius 1 is 1.10 bits per heavy atom. The molecule has 3 heterocycles. The predicted octanol–water partition coefficient (Wildman–Crippen LogP) is 4.61. The molecule has 1 atom stereocenters. The lowest BCUT2D eigenvalue weighted by Crippen LogP contribution is -2.31. The Labute approximate surface area is 182 Å². The first kappa shape index (κ1) is 19.9. The van der Waals surface area contributed by atoms with E-state index in [1.165, 1.54) is 5.57 Å². The average Bonchev–Trinajstić information content (AvgIpc) is 3.15. The molecule has 0 fully saturated rings. The van der Waals surface area contributed by atoms with Gasteiger partial charge in [0.2, 0.25) is 0 Å². The molecule has 0 radical (unpaired) electrons. The summed E-state index contributed by atoms with van der Waals surface area (Å²) in [6.45, 7) is 8.75. The van der Waals surface area contributed by atoms with Gasteiger partial charge in [-0.3, -0.25) is 0 Å². The monoisotopic (exact) mass is 420 g/mol. The van der Waals surface area contributed by atoms with E-state index in [1.54, 1.807) is 0 Å². The fraction of sp³-hybridized carbons (Fsp3) is 0.400. The third-order valence-electron chi connectivity index (χ3n) is 5.78. The van der Waals surface area contributed by atoms with Crippen molar-refractivity contribution >= 4 is 11.6 Å². The van der Waals surface area contributed by atoms with Crippen LogP contribution in [0, 0.1) is 5.41 Å². The van der Waals surface area contributed by atoms with Gasteiger partial charge in [-0.2, -0.15) is 0 Å². The van der Waals surface area contributed by atoms with Gasteiger partial charge >= 0.3 is 0 Å². The third-order valence-corrected chi connectivity index (χ3v) is 5.78. The van der Waals surface area contributed by atoms with Gasteiger partial charge in [-0.15, -0.1) is 0 Å². The summed E-state index contributed by atoms with van der Waals surface area (Å²) in [5.74, 6) is 2.30. The van der Waals surface area contributed by atoms with Crippen molar-refractivity contribution in [3.05, 3.63) is 59.2 Å². The van der Waals surface area contributed by atoms with Crippen molar-refractivity contribution in [3.8, 4) is 17.2 Å². The van der Waals surface area contributed by atoms with Gasteiger partial charge in [0, 0.05) is 11.1 Å². The molecule has 0 saturated heterocycles. The van der Waals surface area contributed by atoms with Crippen LogP contribution in [0.25, 0.3) is 5.57 Å². The highest BCUT2D eigenvalue weighted by atomic mass is 16.5. The maximum atomic E-state index is 6.28. The molecule has 5 rings (SSSR count). The highest BCUT2D eigenvalue weighted by Gasteiger charge is 2.47. The minimum Gasteiger partial charge on any atom is -0.493 e. The Hall–Kier alpha value is -2.99. The van der Waals surface area contributed by atoms with Crippen molar-refractivity contribution in [3.63, 3.8) is 0 Å². The number of rotatable bonds is 3. The summed E-state index contributed by atoms with van der Waals surface area (Å²) >= 11 is 0. The molecule has 3 aliphatic heterocycles. The maximum Gasteiger partial charge on any atom is 0.283 e. The number of fused-ring (bicyclic) bond motifs is 4. The highest BCUT2D eigenvalue weighted by Crippen LogP contribution is 2.52. The minimum atomic E-state index is -0.754. The maximum absolute atomic E-state index is 6.28. The SMILES string of the molecule is CC(C)(C)COc1ccc2c(c1)[C@]1(COC(N)=N1)c1cc(C3=CCOCC3)ccc1O2. The molecule has 6 nitrogen and oxygen atoms in total. The molecule has 2 N–H and O–H groups in total. The van der Waals surface area contributed by atoms with Gasteiger partial charge in [0.25, 0.3) is 6.02 Å². The fourth-order valence-corrected chi connectivity index (χ4v) is 4.21. The van der Waals surface area contributed by atoms with Crippen LogP contribution in [0.1, 0.15) is 43.9 Å². The highest BCUT2D eigenvalue weighted by molar-refractivity contribution is 5.78. The van der Waals surface area contributed by atoms with Gasteiger partial charge in [0.05, 0.1) is 19.8 Å². The van der Waals surface area contributed by atoms with E-state index < -0.39 is 5.54 Å². The standard InChI is InChI=1S/C25H28N2O4/c1-24(2,3)14-29-18-5-7-22-20(13-18)25(15-30-23(26)27-25)19-12-17(4-6-21(19)31-22)16-8-10-28-11-9-16/h4-8,12-13H,9-11,14-15H2,1-3H3,(H2,26,27)/t25-/m0/s1. The van der Waals surface area contributed by atoms with E-state index in [4.69, 9.17) is 29.7 Å². The van der Waals surface area contributed by atoms with Crippen molar-refractivity contribution in [2.75, 3.05) is 26.4 Å². The largest absolute Gasteiger partial charge is 0.493 e. The lowest BCUT2D eigenvalue weighted by molar-refractivity contribution is 0.161. The second-order valence-electron chi connectivity index (χ2n) is 9.47. The molecule has 2 aromatic rings. The smallest absolute Gasteiger partial charge is 0.283 e. The van der Waals surface area contributed by atoms with Crippen LogP contribution in [-0.2, 0) is 15.0 Å². The summed E-state index contributed by atoms with van der Waals surface area (Å²) in [5.41, 5.74) is 9.60. The van der Waals surface area contributed by atoms with E-state index in [-0.39, 0.29) is 11.4 Å². The normalized spacial score (nSPS) is 22.0. The molecule has 0 bridgehead atoms. The van der Waals surface area contributed by atoms with Crippen LogP contribution in [0.5, 0.6) is 17.2 Å². The van der Waals surface area contributed by atoms with Crippen LogP contribution in [0.3, 0.4) is 0 Å². The van der Waals surface area contributed by atoms with Crippen molar-refractivity contribution in [1.82, 2.24) is 0 Å². The van der Waals surface area contributed by atoms with Crippen LogP contribution >= 0.6 is 0 Å². The van der Waals surface area contributed by atoms with E-state index in [0.29, 0.717) is 19.8 Å². The Morgan fingerprint density at radius 3 is 2.55 bits per heavy atom. The molecule has 0 unspecified atom stereocenters. The van der Waals surface area contributed by atoms with Crippen molar-refractivity contribution in [1.29, 1.82) is 0 Å². The second-order valence-corrected chi connectivity index (χ2v) is 9.47. The number of hydrogen-bond acceptors (Lipinski definition) is 6. The second kappa shape index (κ2) is 7.31. The van der Waals surface area contributed by atoms with Crippen molar-refractivity contribution < 1.29 is 18.9 Å². The quantitative estimate of drug-likeness (QED) is 0.785. The summed E-state index contributed by atoms with van der Waals surface area (Å²) in [4.78, 5) is 4.79. The number of aliphatic imine (C=N–C) groups is 1. The molecule has 31 heavy (non-hydrogen) atoms. The number of benzene rings is 2. The van der Waals surface area contributed by atoms with E-state index in [9.17, 15) is 0 Å². The van der Waals surface area contributed by atoms with Gasteiger partial charge in [-0.05, 0) is 53.3 Å². The molecule has 3 aliphatic rings. The Kier molecular flexibility index (Phi) is 4.70. The summed E-state index contributed by atoms with van der Waals surface area (Å²) in [6, 6.07) is 12.3. The zero-order valence-corrected chi connectivity index (χ0v) is 18.2. The molecule has 162 valence electrons. The van der Waals surface area contributed by atoms with Gasteiger partial charge in [-0.25, -0.2) is 4.99 Å². The van der Waals surface area contributed by atoms with Gasteiger partial charge in [-0.1, -0.05) is 32.9 Å². The van der Waals surface area contributed by atoms with E-state index >= 15 is 0 Å². The molecule has 0 saturated carbocycles. The van der Waals surface area contributed by atoms with Crippen LogP contribution in [0.4, 0.5) is 0 Å². The zero-order chi connectivity index (χ0) is 21.6. The predicted molar refractivity (Wildman–Crippen MR) is 120 cm³/mol. The number of amidine groups is 1. The molecule has 1 spiro atoms. The molecule has 2 aromatic carbocycles. The molecule has 6 heteroatoms. The van der Waals surface area contributed by atoms with Crippen molar-refractivity contribution in [2.24, 2.45) is 16.1 Å². The minimum absolute atomic E-state index is 0.0576. The number of ether oxygens (including phenoxy) is 4. The van der Waals surface area contributed by atoms with Crippen LogP contribution in [0.2, 0.25) is 0 Å². The van der Waals surface area contributed by atoms with Gasteiger partial charge < -0.3 is 24.7 Å². The van der Waals surface area contributed by atoms with Crippen LogP contribution in [0.15, 0.2) is 47.5 Å². The average molecular weight is 421 g/mol. The van der Waals surface area contributed by atoms with Crippen LogP contribution < -0.4 is 15.2 Å². The molecule has 0 aliphatic carbocycles. The fourth-order valence-electron chi connectivity index (χ4n) is 4.21. The molecular formula is C25H28N2O4. The zero-order valence-electron chi connectivity index (χ0n) is 18.2. The summed E-state index contributed by atoms with van der Waals surface area (Å²) in [5, 5.41) is 0. The van der Waals surface area contributed by atoms with Gasteiger partial charge in [0.1, 0.15) is 23.9 Å². The molecule has 0 aromatic heterocycles. The lowest BCUT2D eigenvalue weighted by Gasteiger charge is -2.34. The molecular weight excluding hydrogens is 392 g/mol. The molecule has 0 amide bonds. The van der Waals surface area contributed by atoms with E-state index in [2.05, 4.69) is 39.0 Å². The Bertz CT molecular complexity index is 1080. The first-order valence-electron chi connectivity index (χ1n) is 10.7. The number of nitrogens with two attached hydrogens (primary N) is 1.